The molecule has 0 atom stereocenters. The summed E-state index contributed by atoms with van der Waals surface area (Å²) in [5.41, 5.74) is 11.1. The molecule has 0 aliphatic rings. The highest BCUT2D eigenvalue weighted by molar-refractivity contribution is 6.24. The van der Waals surface area contributed by atoms with Gasteiger partial charge in [0.1, 0.15) is 11.2 Å². The van der Waals surface area contributed by atoms with Gasteiger partial charge in [0, 0.05) is 49.8 Å². The number of hydrogen-bond donors (Lipinski definition) is 0. The van der Waals surface area contributed by atoms with Crippen LogP contribution in [0.1, 0.15) is 0 Å². The van der Waals surface area contributed by atoms with Gasteiger partial charge < -0.3 is 4.42 Å². The molecule has 10 aromatic rings. The lowest BCUT2D eigenvalue weighted by atomic mass is 9.96. The molecular formula is C46H28N4O. The number of fused-ring (bicyclic) bond motifs is 7. The first-order chi connectivity index (χ1) is 25.3. The highest BCUT2D eigenvalue weighted by Crippen LogP contribution is 2.41. The highest BCUT2D eigenvalue weighted by atomic mass is 16.3. The number of pyridine rings is 2. The molecule has 0 radical (unpaired) electrons. The Morgan fingerprint density at radius 2 is 1.08 bits per heavy atom. The summed E-state index contributed by atoms with van der Waals surface area (Å²) in [6, 6.07) is 56.0. The summed E-state index contributed by atoms with van der Waals surface area (Å²) in [4.78, 5) is 20.0. The topological polar surface area (TPSA) is 64.7 Å². The van der Waals surface area contributed by atoms with E-state index in [0.29, 0.717) is 5.82 Å². The minimum atomic E-state index is 0.639. The van der Waals surface area contributed by atoms with Gasteiger partial charge in [0.15, 0.2) is 5.82 Å². The second kappa shape index (κ2) is 11.9. The third-order valence-electron chi connectivity index (χ3n) is 9.54. The van der Waals surface area contributed by atoms with Crippen LogP contribution in [0.5, 0.6) is 0 Å². The average molecular weight is 653 g/mol. The van der Waals surface area contributed by atoms with Crippen molar-refractivity contribution >= 4 is 43.6 Å². The number of para-hydroxylation sites is 2. The van der Waals surface area contributed by atoms with Crippen LogP contribution in [0.2, 0.25) is 0 Å². The van der Waals surface area contributed by atoms with Crippen molar-refractivity contribution in [2.24, 2.45) is 0 Å². The van der Waals surface area contributed by atoms with Crippen molar-refractivity contribution in [3.05, 3.63) is 170 Å². The van der Waals surface area contributed by atoms with E-state index in [0.717, 1.165) is 88.6 Å². The molecule has 0 spiro atoms. The molecule has 4 aromatic heterocycles. The number of rotatable bonds is 5. The van der Waals surface area contributed by atoms with Gasteiger partial charge in [0.2, 0.25) is 0 Å². The molecule has 0 unspecified atom stereocenters. The second-order valence-corrected chi connectivity index (χ2v) is 12.6. The Balaban J connectivity index is 1.14. The molecule has 10 rings (SSSR count). The Morgan fingerprint density at radius 1 is 0.392 bits per heavy atom. The van der Waals surface area contributed by atoms with E-state index >= 15 is 0 Å². The van der Waals surface area contributed by atoms with Crippen LogP contribution in [0.15, 0.2) is 174 Å². The van der Waals surface area contributed by atoms with Gasteiger partial charge in [0.25, 0.3) is 0 Å². The first-order valence-corrected chi connectivity index (χ1v) is 17.0. The van der Waals surface area contributed by atoms with E-state index in [1.165, 1.54) is 5.56 Å². The van der Waals surface area contributed by atoms with E-state index in [-0.39, 0.29) is 0 Å². The van der Waals surface area contributed by atoms with Gasteiger partial charge in [-0.05, 0) is 53.6 Å². The molecule has 0 aliphatic carbocycles. The zero-order valence-electron chi connectivity index (χ0n) is 27.4. The van der Waals surface area contributed by atoms with Crippen LogP contribution in [0.3, 0.4) is 0 Å². The Labute approximate surface area is 293 Å². The Bertz CT molecular complexity index is 2900. The summed E-state index contributed by atoms with van der Waals surface area (Å²) in [5, 5.41) is 5.37. The summed E-state index contributed by atoms with van der Waals surface area (Å²) < 4.78 is 6.55. The molecule has 0 amide bonds. The van der Waals surface area contributed by atoms with E-state index in [9.17, 15) is 0 Å². The molecule has 51 heavy (non-hydrogen) atoms. The van der Waals surface area contributed by atoms with Crippen LogP contribution in [0.25, 0.3) is 100 Å². The van der Waals surface area contributed by atoms with Crippen LogP contribution in [-0.2, 0) is 0 Å². The zero-order chi connectivity index (χ0) is 33.7. The molecular weight excluding hydrogens is 625 g/mol. The number of furan rings is 1. The lowest BCUT2D eigenvalue weighted by Gasteiger charge is -2.13. The standard InChI is InChI=1S/C46H28N4O/c1-2-11-29(12-3-1)30-20-22-31(23-21-30)46-49-40(28-41(50-46)39-18-8-9-26-47-39)32-13-10-14-33(27-32)44-37-25-24-35-34-15-5-7-19-42(34)51-45(35)43(37)36-16-4-6-17-38(36)48-44/h1-28H. The predicted octanol–water partition coefficient (Wildman–Crippen LogP) is 11.8. The Kier molecular flexibility index (Phi) is 6.74. The minimum absolute atomic E-state index is 0.639. The van der Waals surface area contributed by atoms with E-state index < -0.39 is 0 Å². The van der Waals surface area contributed by atoms with Crippen LogP contribution >= 0.6 is 0 Å². The summed E-state index contributed by atoms with van der Waals surface area (Å²) >= 11 is 0. The van der Waals surface area contributed by atoms with E-state index in [1.807, 2.05) is 48.5 Å². The third-order valence-corrected chi connectivity index (χ3v) is 9.54. The van der Waals surface area contributed by atoms with Gasteiger partial charge in [-0.25, -0.2) is 15.0 Å². The fraction of sp³-hybridized carbons (Fsp3) is 0. The number of nitrogens with zero attached hydrogens (tertiary/aromatic N) is 4. The summed E-state index contributed by atoms with van der Waals surface area (Å²) in [5.74, 6) is 0.639. The number of hydrogen-bond acceptors (Lipinski definition) is 5. The van der Waals surface area contributed by atoms with Crippen molar-refractivity contribution in [1.29, 1.82) is 0 Å². The maximum atomic E-state index is 6.55. The number of aromatic nitrogens is 4. The molecule has 4 heterocycles. The fourth-order valence-electron chi connectivity index (χ4n) is 7.07. The van der Waals surface area contributed by atoms with E-state index in [4.69, 9.17) is 19.4 Å². The summed E-state index contributed by atoms with van der Waals surface area (Å²) in [6.45, 7) is 0. The van der Waals surface area contributed by atoms with Crippen molar-refractivity contribution in [2.45, 2.75) is 0 Å². The van der Waals surface area contributed by atoms with Crippen LogP contribution < -0.4 is 0 Å². The Hall–Kier alpha value is -6.98. The molecule has 0 bridgehead atoms. The van der Waals surface area contributed by atoms with Crippen LogP contribution in [0.4, 0.5) is 0 Å². The van der Waals surface area contributed by atoms with Crippen molar-refractivity contribution < 1.29 is 4.42 Å². The lowest BCUT2D eigenvalue weighted by Crippen LogP contribution is -1.97. The molecule has 0 aliphatic heterocycles. The summed E-state index contributed by atoms with van der Waals surface area (Å²) in [6.07, 6.45) is 1.79. The molecule has 238 valence electrons. The smallest absolute Gasteiger partial charge is 0.160 e. The zero-order valence-corrected chi connectivity index (χ0v) is 27.4. The van der Waals surface area contributed by atoms with Gasteiger partial charge in [0.05, 0.1) is 28.3 Å². The molecule has 6 aromatic carbocycles. The van der Waals surface area contributed by atoms with Gasteiger partial charge in [-0.1, -0.05) is 121 Å². The van der Waals surface area contributed by atoms with Gasteiger partial charge >= 0.3 is 0 Å². The monoisotopic (exact) mass is 652 g/mol. The second-order valence-electron chi connectivity index (χ2n) is 12.6. The van der Waals surface area contributed by atoms with Crippen molar-refractivity contribution in [3.63, 3.8) is 0 Å². The quantitative estimate of drug-likeness (QED) is 0.173. The van der Waals surface area contributed by atoms with E-state index in [2.05, 4.69) is 120 Å². The average Bonchev–Trinajstić information content (AvgIpc) is 3.60. The molecule has 5 nitrogen and oxygen atoms in total. The minimum Gasteiger partial charge on any atom is -0.455 e. The van der Waals surface area contributed by atoms with Crippen molar-refractivity contribution in [1.82, 2.24) is 19.9 Å². The first-order valence-electron chi connectivity index (χ1n) is 17.0. The largest absolute Gasteiger partial charge is 0.455 e. The molecule has 0 saturated carbocycles. The maximum Gasteiger partial charge on any atom is 0.160 e. The normalized spacial score (nSPS) is 11.5. The SMILES string of the molecule is c1ccc(-c2ccc(-c3nc(-c4cccc(-c5nc6ccccc6c6c5ccc5c7ccccc7oc56)c4)cc(-c4ccccn4)n3)cc2)cc1. The predicted molar refractivity (Wildman–Crippen MR) is 207 cm³/mol. The molecule has 0 saturated heterocycles. The highest BCUT2D eigenvalue weighted by Gasteiger charge is 2.18. The van der Waals surface area contributed by atoms with E-state index in [1.54, 1.807) is 6.20 Å². The maximum absolute atomic E-state index is 6.55. The van der Waals surface area contributed by atoms with Gasteiger partial charge in [-0.15, -0.1) is 0 Å². The van der Waals surface area contributed by atoms with Gasteiger partial charge in [-0.2, -0.15) is 0 Å². The number of benzene rings is 6. The van der Waals surface area contributed by atoms with Crippen molar-refractivity contribution in [2.75, 3.05) is 0 Å². The Morgan fingerprint density at radius 3 is 1.94 bits per heavy atom. The van der Waals surface area contributed by atoms with Gasteiger partial charge in [-0.3, -0.25) is 4.98 Å². The first kappa shape index (κ1) is 29.0. The van der Waals surface area contributed by atoms with Crippen molar-refractivity contribution in [3.8, 4) is 56.4 Å². The molecule has 0 N–H and O–H groups in total. The summed E-state index contributed by atoms with van der Waals surface area (Å²) in [7, 11) is 0. The molecule has 0 fully saturated rings. The third kappa shape index (κ3) is 5.03. The lowest BCUT2D eigenvalue weighted by molar-refractivity contribution is 0.673. The fourth-order valence-corrected chi connectivity index (χ4v) is 7.07. The molecule has 5 heteroatoms. The van der Waals surface area contributed by atoms with Crippen LogP contribution in [0, 0.1) is 0 Å². The van der Waals surface area contributed by atoms with Crippen LogP contribution in [-0.4, -0.2) is 19.9 Å².